The summed E-state index contributed by atoms with van der Waals surface area (Å²) >= 11 is 0. The molecule has 12 heteroatoms. The SMILES string of the molecule is CC/C=C\C/C=C\C/C=C\C/C=C\CCCCCCC(=O)OC(COC(=O)CCCCCCCCC/C=C\CCCCCCCC)COP(=O)(O)OCC(CO)OC(=O)CCCCCCC/C=C\CCCCCCCC. The molecule has 0 aliphatic rings. The zero-order chi connectivity index (χ0) is 55.5. The normalized spacial score (nSPS) is 13.8. The van der Waals surface area contributed by atoms with Gasteiger partial charge in [-0.3, -0.25) is 23.4 Å². The van der Waals surface area contributed by atoms with Gasteiger partial charge in [-0.2, -0.15) is 0 Å². The van der Waals surface area contributed by atoms with Gasteiger partial charge in [0.1, 0.15) is 12.7 Å². The third-order valence-corrected chi connectivity index (χ3v) is 14.0. The van der Waals surface area contributed by atoms with Gasteiger partial charge in [0.25, 0.3) is 0 Å². The van der Waals surface area contributed by atoms with E-state index in [1.165, 1.54) is 103 Å². The number of esters is 3. The van der Waals surface area contributed by atoms with Crippen LogP contribution in [0.25, 0.3) is 0 Å². The molecule has 0 fully saturated rings. The first-order valence-corrected chi connectivity index (χ1v) is 32.3. The number of rotatable bonds is 57. The summed E-state index contributed by atoms with van der Waals surface area (Å²) in [5.74, 6) is -1.50. The first-order valence-electron chi connectivity index (χ1n) is 30.8. The lowest BCUT2D eigenvalue weighted by atomic mass is 10.1. The maximum atomic E-state index is 12.9. The van der Waals surface area contributed by atoms with E-state index in [1.54, 1.807) is 0 Å². The average Bonchev–Trinajstić information content (AvgIpc) is 3.41. The van der Waals surface area contributed by atoms with Crippen molar-refractivity contribution < 1.29 is 52.2 Å². The third kappa shape index (κ3) is 55.7. The smallest absolute Gasteiger partial charge is 0.462 e. The van der Waals surface area contributed by atoms with E-state index in [2.05, 4.69) is 93.7 Å². The number of allylic oxidation sites excluding steroid dienone is 12. The predicted molar refractivity (Wildman–Crippen MR) is 316 cm³/mol. The summed E-state index contributed by atoms with van der Waals surface area (Å²) in [4.78, 5) is 48.7. The van der Waals surface area contributed by atoms with Crippen LogP contribution in [0.1, 0.15) is 278 Å². The quantitative estimate of drug-likeness (QED) is 0.0197. The molecule has 11 nitrogen and oxygen atoms in total. The summed E-state index contributed by atoms with van der Waals surface area (Å²) < 4.78 is 39.6. The van der Waals surface area contributed by atoms with Gasteiger partial charge in [0.15, 0.2) is 6.10 Å². The van der Waals surface area contributed by atoms with Crippen LogP contribution in [-0.2, 0) is 42.2 Å². The molecule has 0 saturated heterocycles. The maximum Gasteiger partial charge on any atom is 0.472 e. The number of ether oxygens (including phenoxy) is 3. The molecule has 0 rings (SSSR count). The fraction of sp³-hybridized carbons (Fsp3) is 0.766. The molecule has 0 aromatic carbocycles. The van der Waals surface area contributed by atoms with Crippen LogP contribution in [0.4, 0.5) is 0 Å². The first-order chi connectivity index (χ1) is 37.2. The van der Waals surface area contributed by atoms with Crippen LogP contribution in [-0.4, -0.2) is 66.5 Å². The molecule has 2 N–H and O–H groups in total. The highest BCUT2D eigenvalue weighted by atomic mass is 31.2. The van der Waals surface area contributed by atoms with Crippen molar-refractivity contribution >= 4 is 25.7 Å². The highest BCUT2D eigenvalue weighted by Gasteiger charge is 2.28. The van der Waals surface area contributed by atoms with Crippen molar-refractivity contribution in [2.45, 2.75) is 290 Å². The van der Waals surface area contributed by atoms with Crippen molar-refractivity contribution in [1.29, 1.82) is 0 Å². The zero-order valence-corrected chi connectivity index (χ0v) is 49.6. The monoisotopic (exact) mass is 1090 g/mol. The van der Waals surface area contributed by atoms with Gasteiger partial charge < -0.3 is 24.2 Å². The van der Waals surface area contributed by atoms with Crippen molar-refractivity contribution in [1.82, 2.24) is 0 Å². The summed E-state index contributed by atoms with van der Waals surface area (Å²) in [6.07, 6.45) is 65.6. The molecule has 0 aliphatic heterocycles. The molecular formula is C64H113O11P. The lowest BCUT2D eigenvalue weighted by Gasteiger charge is -2.21. The van der Waals surface area contributed by atoms with E-state index in [0.717, 1.165) is 116 Å². The summed E-state index contributed by atoms with van der Waals surface area (Å²) in [5, 5.41) is 9.83. The molecule has 3 atom stereocenters. The van der Waals surface area contributed by atoms with Crippen molar-refractivity contribution in [2.24, 2.45) is 0 Å². The molecule has 0 heterocycles. The molecule has 0 bridgehead atoms. The van der Waals surface area contributed by atoms with E-state index in [1.807, 2.05) is 0 Å². The topological polar surface area (TPSA) is 155 Å². The van der Waals surface area contributed by atoms with Gasteiger partial charge in [-0.15, -0.1) is 0 Å². The number of unbranched alkanes of at least 4 members (excludes halogenated alkanes) is 28. The van der Waals surface area contributed by atoms with Crippen molar-refractivity contribution in [2.75, 3.05) is 26.4 Å². The molecule has 0 amide bonds. The number of phosphoric acid groups is 1. The number of carbonyl (C=O) groups is 3. The van der Waals surface area contributed by atoms with Gasteiger partial charge in [-0.05, 0) is 109 Å². The van der Waals surface area contributed by atoms with E-state index < -0.39 is 57.8 Å². The molecule has 3 unspecified atom stereocenters. The average molecular weight is 1090 g/mol. The Bertz CT molecular complexity index is 1550. The van der Waals surface area contributed by atoms with Gasteiger partial charge in [-0.1, -0.05) is 222 Å². The fourth-order valence-corrected chi connectivity index (χ4v) is 9.18. The largest absolute Gasteiger partial charge is 0.472 e. The fourth-order valence-electron chi connectivity index (χ4n) is 8.40. The molecule has 0 radical (unpaired) electrons. The Balaban J connectivity index is 4.76. The Morgan fingerprint density at radius 1 is 0.382 bits per heavy atom. The van der Waals surface area contributed by atoms with Crippen molar-refractivity contribution in [3.63, 3.8) is 0 Å². The second-order valence-corrected chi connectivity index (χ2v) is 21.9. The number of phosphoric ester groups is 1. The van der Waals surface area contributed by atoms with Gasteiger partial charge >= 0.3 is 25.7 Å². The van der Waals surface area contributed by atoms with E-state index >= 15 is 0 Å². The molecule has 76 heavy (non-hydrogen) atoms. The minimum Gasteiger partial charge on any atom is -0.462 e. The Morgan fingerprint density at radius 3 is 1.07 bits per heavy atom. The molecule has 0 aliphatic carbocycles. The number of aliphatic hydroxyl groups excluding tert-OH is 1. The molecule has 0 aromatic heterocycles. The first kappa shape index (κ1) is 72.9. The molecule has 0 aromatic rings. The Hall–Kier alpha value is -3.08. The summed E-state index contributed by atoms with van der Waals surface area (Å²) in [6, 6.07) is 0. The highest BCUT2D eigenvalue weighted by molar-refractivity contribution is 7.47. The van der Waals surface area contributed by atoms with Gasteiger partial charge in [0.2, 0.25) is 0 Å². The van der Waals surface area contributed by atoms with Gasteiger partial charge in [0, 0.05) is 19.3 Å². The second-order valence-electron chi connectivity index (χ2n) is 20.5. The second kappa shape index (κ2) is 58.1. The molecule has 0 saturated carbocycles. The Labute approximate surface area is 465 Å². The van der Waals surface area contributed by atoms with E-state index in [4.69, 9.17) is 23.3 Å². The Kier molecular flexibility index (Phi) is 55.7. The summed E-state index contributed by atoms with van der Waals surface area (Å²) in [5.41, 5.74) is 0. The molecule has 440 valence electrons. The minimum atomic E-state index is -4.76. The number of hydrogen-bond donors (Lipinski definition) is 2. The van der Waals surface area contributed by atoms with Gasteiger partial charge in [-0.25, -0.2) is 4.57 Å². The highest BCUT2D eigenvalue weighted by Crippen LogP contribution is 2.43. The van der Waals surface area contributed by atoms with Crippen LogP contribution in [0, 0.1) is 0 Å². The summed E-state index contributed by atoms with van der Waals surface area (Å²) in [7, 11) is -4.76. The standard InChI is InChI=1S/C64H113O11P/c1-4-7-10-13-16-19-22-25-28-30-33-35-38-41-44-47-50-53-62(66)71-57-61(75-64(68)55-52-49-46-43-40-37-34-31-29-26-23-20-17-14-11-8-5-2)59-73-76(69,70)72-58-60(56-65)74-63(67)54-51-48-45-42-39-36-32-27-24-21-18-15-12-9-6-3/h8,11,17,20,25-29,32,34,37,60-61,65H,4-7,9-10,12-16,18-19,21-24,30-31,33,35-36,38-59H2,1-3H3,(H,69,70)/b11-8-,20-17-,28-25-,29-26-,32-27-,37-34-. The van der Waals surface area contributed by atoms with Crippen LogP contribution in [0.5, 0.6) is 0 Å². The Morgan fingerprint density at radius 2 is 0.684 bits per heavy atom. The van der Waals surface area contributed by atoms with Crippen LogP contribution in [0.3, 0.4) is 0 Å². The third-order valence-electron chi connectivity index (χ3n) is 13.1. The van der Waals surface area contributed by atoms with E-state index in [-0.39, 0.29) is 25.9 Å². The lowest BCUT2D eigenvalue weighted by molar-refractivity contribution is -0.161. The van der Waals surface area contributed by atoms with Gasteiger partial charge in [0.05, 0.1) is 19.8 Å². The van der Waals surface area contributed by atoms with Crippen LogP contribution >= 0.6 is 7.82 Å². The zero-order valence-electron chi connectivity index (χ0n) is 48.7. The van der Waals surface area contributed by atoms with Crippen LogP contribution < -0.4 is 0 Å². The lowest BCUT2D eigenvalue weighted by Crippen LogP contribution is -2.30. The number of hydrogen-bond acceptors (Lipinski definition) is 10. The number of aliphatic hydroxyl groups is 1. The summed E-state index contributed by atoms with van der Waals surface area (Å²) in [6.45, 7) is 4.51. The van der Waals surface area contributed by atoms with Crippen molar-refractivity contribution in [3.8, 4) is 0 Å². The molecule has 0 spiro atoms. The van der Waals surface area contributed by atoms with Crippen LogP contribution in [0.2, 0.25) is 0 Å². The number of carbonyl (C=O) groups excluding carboxylic acids is 3. The van der Waals surface area contributed by atoms with Crippen LogP contribution in [0.15, 0.2) is 72.9 Å². The maximum absolute atomic E-state index is 12.9. The van der Waals surface area contributed by atoms with E-state index in [9.17, 15) is 28.9 Å². The van der Waals surface area contributed by atoms with Crippen molar-refractivity contribution in [3.05, 3.63) is 72.9 Å². The predicted octanol–water partition coefficient (Wildman–Crippen LogP) is 18.5. The van der Waals surface area contributed by atoms with E-state index in [0.29, 0.717) is 19.3 Å². The minimum absolute atomic E-state index is 0.137. The molecular weight excluding hydrogens is 976 g/mol.